The molecule has 23 heavy (non-hydrogen) atoms. The van der Waals surface area contributed by atoms with E-state index in [9.17, 15) is 17.6 Å². The van der Waals surface area contributed by atoms with Gasteiger partial charge in [0.2, 0.25) is 15.9 Å². The van der Waals surface area contributed by atoms with Gasteiger partial charge in [-0.3, -0.25) is 4.79 Å². The van der Waals surface area contributed by atoms with Crippen LogP contribution >= 0.6 is 0 Å². The van der Waals surface area contributed by atoms with Crippen LogP contribution in [0.2, 0.25) is 0 Å². The summed E-state index contributed by atoms with van der Waals surface area (Å²) in [5, 5.41) is 2.63. The first kappa shape index (κ1) is 19.6. The van der Waals surface area contributed by atoms with Gasteiger partial charge in [-0.15, -0.1) is 0 Å². The summed E-state index contributed by atoms with van der Waals surface area (Å²) < 4.78 is 37.9. The molecule has 1 amide bonds. The lowest BCUT2D eigenvalue weighted by Gasteiger charge is -2.19. The zero-order valence-corrected chi connectivity index (χ0v) is 14.6. The Morgan fingerprint density at radius 2 is 1.83 bits per heavy atom. The molecule has 1 rings (SSSR count). The van der Waals surface area contributed by atoms with Gasteiger partial charge in [0.1, 0.15) is 5.82 Å². The van der Waals surface area contributed by atoms with Gasteiger partial charge in [0.05, 0.1) is 5.75 Å². The van der Waals surface area contributed by atoms with Crippen molar-refractivity contribution in [3.05, 3.63) is 35.6 Å². The van der Waals surface area contributed by atoms with Gasteiger partial charge in [-0.2, -0.15) is 0 Å². The van der Waals surface area contributed by atoms with Crippen LogP contribution in [-0.4, -0.2) is 33.7 Å². The Morgan fingerprint density at radius 1 is 1.22 bits per heavy atom. The number of benzene rings is 1. The largest absolute Gasteiger partial charge is 0.355 e. The molecule has 1 unspecified atom stereocenters. The fourth-order valence-corrected chi connectivity index (χ4v) is 2.94. The second-order valence-electron chi connectivity index (χ2n) is 5.96. The minimum atomic E-state index is -3.33. The zero-order chi connectivity index (χ0) is 17.5. The Balaban J connectivity index is 2.63. The van der Waals surface area contributed by atoms with E-state index in [1.807, 2.05) is 0 Å². The maximum Gasteiger partial charge on any atom is 0.220 e. The number of halogens is 1. The summed E-state index contributed by atoms with van der Waals surface area (Å²) in [6, 6.07) is 6.17. The summed E-state index contributed by atoms with van der Waals surface area (Å²) in [4.78, 5) is 12.0. The minimum Gasteiger partial charge on any atom is -0.355 e. The summed E-state index contributed by atoms with van der Waals surface area (Å²) in [6.07, 6.45) is 1.05. The zero-order valence-electron chi connectivity index (χ0n) is 13.8. The van der Waals surface area contributed by atoms with Crippen molar-refractivity contribution in [1.29, 1.82) is 0 Å². The molecule has 0 aliphatic rings. The van der Waals surface area contributed by atoms with Crippen LogP contribution in [0.3, 0.4) is 0 Å². The second-order valence-corrected chi connectivity index (χ2v) is 8.00. The molecule has 0 radical (unpaired) electrons. The highest BCUT2D eigenvalue weighted by molar-refractivity contribution is 7.89. The molecule has 0 bridgehead atoms. The van der Waals surface area contributed by atoms with Gasteiger partial charge in [-0.1, -0.05) is 26.0 Å². The van der Waals surface area contributed by atoms with E-state index in [0.29, 0.717) is 5.92 Å². The molecule has 0 fully saturated rings. The Labute approximate surface area is 137 Å². The van der Waals surface area contributed by atoms with E-state index in [2.05, 4.69) is 23.9 Å². The van der Waals surface area contributed by atoms with Crippen LogP contribution in [-0.2, 0) is 14.8 Å². The van der Waals surface area contributed by atoms with Crippen molar-refractivity contribution in [1.82, 2.24) is 10.0 Å². The maximum atomic E-state index is 13.0. The number of rotatable bonds is 9. The third-order valence-corrected chi connectivity index (χ3v) is 4.90. The van der Waals surface area contributed by atoms with Gasteiger partial charge < -0.3 is 5.32 Å². The van der Waals surface area contributed by atoms with Crippen LogP contribution in [0.15, 0.2) is 24.3 Å². The number of sulfonamides is 1. The van der Waals surface area contributed by atoms with Gasteiger partial charge in [-0.05, 0) is 43.0 Å². The molecule has 1 aromatic carbocycles. The van der Waals surface area contributed by atoms with E-state index in [0.717, 1.165) is 12.0 Å². The fraction of sp³-hybridized carbons (Fsp3) is 0.562. The van der Waals surface area contributed by atoms with Crippen molar-refractivity contribution in [2.75, 3.05) is 19.3 Å². The van der Waals surface area contributed by atoms with E-state index in [-0.39, 0.29) is 36.4 Å². The summed E-state index contributed by atoms with van der Waals surface area (Å²) in [5.74, 6) is -0.287. The molecule has 0 heterocycles. The highest BCUT2D eigenvalue weighted by atomic mass is 32.2. The first-order valence-corrected chi connectivity index (χ1v) is 9.32. The fourth-order valence-electron chi connectivity index (χ4n) is 2.36. The number of hydrogen-bond acceptors (Lipinski definition) is 3. The smallest absolute Gasteiger partial charge is 0.220 e. The molecule has 2 N–H and O–H groups in total. The van der Waals surface area contributed by atoms with Gasteiger partial charge in [0.15, 0.2) is 0 Å². The van der Waals surface area contributed by atoms with Crippen molar-refractivity contribution in [3.63, 3.8) is 0 Å². The van der Waals surface area contributed by atoms with Crippen LogP contribution in [0.4, 0.5) is 4.39 Å². The normalized spacial score (nSPS) is 13.1. The molecule has 0 spiro atoms. The lowest BCUT2D eigenvalue weighted by Crippen LogP contribution is -2.33. The first-order chi connectivity index (χ1) is 10.7. The van der Waals surface area contributed by atoms with Crippen molar-refractivity contribution in [2.45, 2.75) is 32.6 Å². The van der Waals surface area contributed by atoms with Crippen molar-refractivity contribution >= 4 is 15.9 Å². The molecule has 0 aliphatic carbocycles. The molecule has 0 aromatic heterocycles. The number of hydrogen-bond donors (Lipinski definition) is 2. The lowest BCUT2D eigenvalue weighted by molar-refractivity contribution is -0.121. The van der Waals surface area contributed by atoms with Gasteiger partial charge in [-0.25, -0.2) is 17.5 Å². The molecule has 1 aromatic rings. The van der Waals surface area contributed by atoms with E-state index in [4.69, 9.17) is 0 Å². The van der Waals surface area contributed by atoms with E-state index in [1.165, 1.54) is 19.2 Å². The van der Waals surface area contributed by atoms with E-state index >= 15 is 0 Å². The SMILES string of the molecule is CNS(=O)(=O)CCNC(=O)CC(CC(C)C)c1ccc(F)cc1. The molecule has 1 atom stereocenters. The Morgan fingerprint density at radius 3 is 2.35 bits per heavy atom. The molecular formula is C16H25FN2O3S. The molecule has 0 saturated heterocycles. The highest BCUT2D eigenvalue weighted by Gasteiger charge is 2.18. The third kappa shape index (κ3) is 7.56. The molecule has 0 aliphatic heterocycles. The molecule has 0 saturated carbocycles. The first-order valence-electron chi connectivity index (χ1n) is 7.67. The van der Waals surface area contributed by atoms with Crippen LogP contribution in [0.1, 0.15) is 38.2 Å². The van der Waals surface area contributed by atoms with Crippen LogP contribution in [0.25, 0.3) is 0 Å². The average Bonchev–Trinajstić information content (AvgIpc) is 2.46. The maximum absolute atomic E-state index is 13.0. The standard InChI is InChI=1S/C16H25FN2O3S/c1-12(2)10-14(13-4-6-15(17)7-5-13)11-16(20)19-8-9-23(21,22)18-3/h4-7,12,14,18H,8-11H2,1-3H3,(H,19,20). The lowest BCUT2D eigenvalue weighted by atomic mass is 9.87. The number of amides is 1. The van der Waals surface area contributed by atoms with E-state index < -0.39 is 10.0 Å². The average molecular weight is 344 g/mol. The van der Waals surface area contributed by atoms with Crippen molar-refractivity contribution in [3.8, 4) is 0 Å². The van der Waals surface area contributed by atoms with Crippen LogP contribution in [0, 0.1) is 11.7 Å². The predicted molar refractivity (Wildman–Crippen MR) is 89.1 cm³/mol. The minimum absolute atomic E-state index is 0.0171. The molecular weight excluding hydrogens is 319 g/mol. The molecule has 130 valence electrons. The summed E-state index contributed by atoms with van der Waals surface area (Å²) in [5.41, 5.74) is 0.915. The van der Waals surface area contributed by atoms with E-state index in [1.54, 1.807) is 12.1 Å². The Hall–Kier alpha value is -1.47. The number of carbonyl (C=O) groups is 1. The Bertz CT molecular complexity index is 600. The number of carbonyl (C=O) groups excluding carboxylic acids is 1. The summed E-state index contributed by atoms with van der Waals surface area (Å²) in [6.45, 7) is 4.20. The van der Waals surface area contributed by atoms with Crippen LogP contribution in [0.5, 0.6) is 0 Å². The quantitative estimate of drug-likeness (QED) is 0.719. The topological polar surface area (TPSA) is 75.3 Å². The second kappa shape index (κ2) is 8.98. The molecule has 5 nitrogen and oxygen atoms in total. The Kier molecular flexibility index (Phi) is 7.64. The highest BCUT2D eigenvalue weighted by Crippen LogP contribution is 2.27. The van der Waals surface area contributed by atoms with Crippen LogP contribution < -0.4 is 10.0 Å². The van der Waals surface area contributed by atoms with Crippen molar-refractivity contribution < 1.29 is 17.6 Å². The predicted octanol–water partition coefficient (Wildman–Crippen LogP) is 2.01. The van der Waals surface area contributed by atoms with Crippen molar-refractivity contribution in [2.24, 2.45) is 5.92 Å². The summed E-state index contributed by atoms with van der Waals surface area (Å²) in [7, 11) is -1.99. The monoisotopic (exact) mass is 344 g/mol. The van der Waals surface area contributed by atoms with Gasteiger partial charge >= 0.3 is 0 Å². The number of nitrogens with one attached hydrogen (secondary N) is 2. The van der Waals surface area contributed by atoms with Gasteiger partial charge in [0.25, 0.3) is 0 Å². The van der Waals surface area contributed by atoms with Gasteiger partial charge in [0, 0.05) is 13.0 Å². The third-order valence-electron chi connectivity index (χ3n) is 3.53. The molecule has 7 heteroatoms. The summed E-state index contributed by atoms with van der Waals surface area (Å²) >= 11 is 0.